The average Bonchev–Trinajstić information content (AvgIpc) is 2.69. The molecule has 132 valence electrons. The normalized spacial score (nSPS) is 18.0. The molecule has 4 nitrogen and oxygen atoms in total. The highest BCUT2D eigenvalue weighted by Crippen LogP contribution is 2.33. The van der Waals surface area contributed by atoms with Crippen molar-refractivity contribution in [2.24, 2.45) is 0 Å². The van der Waals surface area contributed by atoms with Crippen molar-refractivity contribution >= 4 is 0 Å². The lowest BCUT2D eigenvalue weighted by molar-refractivity contribution is 0.196. The second-order valence-electron chi connectivity index (χ2n) is 6.67. The van der Waals surface area contributed by atoms with Gasteiger partial charge in [-0.1, -0.05) is 18.2 Å². The summed E-state index contributed by atoms with van der Waals surface area (Å²) in [6, 6.07) is 12.8. The standard InChI is InChI=1S/C21H21FN4/c22-19-9-2-1-8-18(19)21-20(24-11-12-25-21)16-6-5-13-26(14-16)15-17-7-3-4-10-23-17/h1-4,7-12,16H,5-6,13-15H2. The fourth-order valence-corrected chi connectivity index (χ4v) is 3.65. The van der Waals surface area contributed by atoms with Crippen LogP contribution in [0, 0.1) is 5.82 Å². The SMILES string of the molecule is Fc1ccccc1-c1nccnc1C1CCCN(Cc2ccccn2)C1. The third-order valence-corrected chi connectivity index (χ3v) is 4.86. The van der Waals surface area contributed by atoms with Crippen molar-refractivity contribution < 1.29 is 4.39 Å². The third-order valence-electron chi connectivity index (χ3n) is 4.86. The summed E-state index contributed by atoms with van der Waals surface area (Å²) >= 11 is 0. The summed E-state index contributed by atoms with van der Waals surface area (Å²) < 4.78 is 14.3. The molecule has 5 heteroatoms. The summed E-state index contributed by atoms with van der Waals surface area (Å²) in [5.41, 5.74) is 3.15. The van der Waals surface area contributed by atoms with Crippen LogP contribution in [-0.4, -0.2) is 32.9 Å². The fourth-order valence-electron chi connectivity index (χ4n) is 3.65. The molecule has 0 amide bonds. The Labute approximate surface area is 152 Å². The Kier molecular flexibility index (Phi) is 4.97. The van der Waals surface area contributed by atoms with Crippen LogP contribution in [0.4, 0.5) is 4.39 Å². The first kappa shape index (κ1) is 16.8. The molecule has 0 saturated carbocycles. The first-order chi connectivity index (χ1) is 12.8. The number of hydrogen-bond acceptors (Lipinski definition) is 4. The number of likely N-dealkylation sites (tertiary alicyclic amines) is 1. The number of rotatable bonds is 4. The van der Waals surface area contributed by atoms with Crippen LogP contribution in [0.5, 0.6) is 0 Å². The zero-order chi connectivity index (χ0) is 17.8. The van der Waals surface area contributed by atoms with Gasteiger partial charge in [-0.15, -0.1) is 0 Å². The van der Waals surface area contributed by atoms with Gasteiger partial charge in [-0.05, 0) is 43.7 Å². The summed E-state index contributed by atoms with van der Waals surface area (Å²) in [7, 11) is 0. The minimum Gasteiger partial charge on any atom is -0.297 e. The van der Waals surface area contributed by atoms with E-state index in [9.17, 15) is 4.39 Å². The van der Waals surface area contributed by atoms with E-state index in [1.807, 2.05) is 24.4 Å². The molecule has 2 aromatic heterocycles. The van der Waals surface area contributed by atoms with Gasteiger partial charge in [0.2, 0.25) is 0 Å². The Morgan fingerprint density at radius 2 is 1.81 bits per heavy atom. The van der Waals surface area contributed by atoms with Gasteiger partial charge < -0.3 is 0 Å². The van der Waals surface area contributed by atoms with E-state index in [1.165, 1.54) is 6.07 Å². The number of nitrogens with zero attached hydrogens (tertiary/aromatic N) is 4. The lowest BCUT2D eigenvalue weighted by Crippen LogP contribution is -2.34. The van der Waals surface area contributed by atoms with Crippen LogP contribution in [0.25, 0.3) is 11.3 Å². The van der Waals surface area contributed by atoms with Crippen LogP contribution in [0.3, 0.4) is 0 Å². The van der Waals surface area contributed by atoms with Gasteiger partial charge in [-0.25, -0.2) is 4.39 Å². The zero-order valence-electron chi connectivity index (χ0n) is 14.6. The molecule has 0 N–H and O–H groups in total. The predicted octanol–water partition coefficient (Wildman–Crippen LogP) is 4.06. The molecule has 1 atom stereocenters. The van der Waals surface area contributed by atoms with E-state index >= 15 is 0 Å². The van der Waals surface area contributed by atoms with E-state index in [0.717, 1.165) is 43.9 Å². The minimum atomic E-state index is -0.254. The number of halogens is 1. The molecule has 0 spiro atoms. The van der Waals surface area contributed by atoms with Crippen molar-refractivity contribution in [3.05, 3.63) is 78.3 Å². The second-order valence-corrected chi connectivity index (χ2v) is 6.67. The summed E-state index contributed by atoms with van der Waals surface area (Å²) in [5, 5.41) is 0. The number of piperidine rings is 1. The largest absolute Gasteiger partial charge is 0.297 e. The molecule has 26 heavy (non-hydrogen) atoms. The summed E-state index contributed by atoms with van der Waals surface area (Å²) in [5.74, 6) is -0.00818. The maximum Gasteiger partial charge on any atom is 0.132 e. The van der Waals surface area contributed by atoms with Gasteiger partial charge in [0.25, 0.3) is 0 Å². The Bertz CT molecular complexity index is 869. The molecule has 0 bridgehead atoms. The maximum atomic E-state index is 14.3. The maximum absolute atomic E-state index is 14.3. The molecule has 1 fully saturated rings. The number of pyridine rings is 1. The van der Waals surface area contributed by atoms with Crippen LogP contribution in [-0.2, 0) is 6.54 Å². The number of hydrogen-bond donors (Lipinski definition) is 0. The van der Waals surface area contributed by atoms with Crippen molar-refractivity contribution in [2.45, 2.75) is 25.3 Å². The van der Waals surface area contributed by atoms with Gasteiger partial charge in [-0.3, -0.25) is 19.9 Å². The van der Waals surface area contributed by atoms with Crippen LogP contribution in [0.1, 0.15) is 30.1 Å². The molecule has 1 aliphatic heterocycles. The zero-order valence-corrected chi connectivity index (χ0v) is 14.6. The number of benzene rings is 1. The Hall–Kier alpha value is -2.66. The van der Waals surface area contributed by atoms with Gasteiger partial charge in [0.1, 0.15) is 5.82 Å². The quantitative estimate of drug-likeness (QED) is 0.713. The highest BCUT2D eigenvalue weighted by atomic mass is 19.1. The van der Waals surface area contributed by atoms with E-state index in [1.54, 1.807) is 24.5 Å². The molecule has 3 heterocycles. The van der Waals surface area contributed by atoms with Crippen molar-refractivity contribution in [3.8, 4) is 11.3 Å². The first-order valence-corrected chi connectivity index (χ1v) is 8.99. The van der Waals surface area contributed by atoms with Gasteiger partial charge in [0.15, 0.2) is 0 Å². The molecular weight excluding hydrogens is 327 g/mol. The average molecular weight is 348 g/mol. The topological polar surface area (TPSA) is 41.9 Å². The Morgan fingerprint density at radius 3 is 2.65 bits per heavy atom. The van der Waals surface area contributed by atoms with Crippen LogP contribution in [0.2, 0.25) is 0 Å². The monoisotopic (exact) mass is 348 g/mol. The summed E-state index contributed by atoms with van der Waals surface area (Å²) in [6.07, 6.45) is 7.30. The second kappa shape index (κ2) is 7.70. The van der Waals surface area contributed by atoms with Crippen molar-refractivity contribution in [1.82, 2.24) is 19.9 Å². The van der Waals surface area contributed by atoms with Crippen molar-refractivity contribution in [2.75, 3.05) is 13.1 Å². The highest BCUT2D eigenvalue weighted by Gasteiger charge is 2.26. The van der Waals surface area contributed by atoms with Gasteiger partial charge in [-0.2, -0.15) is 0 Å². The molecule has 0 aliphatic carbocycles. The van der Waals surface area contributed by atoms with E-state index in [4.69, 9.17) is 0 Å². The highest BCUT2D eigenvalue weighted by molar-refractivity contribution is 5.62. The molecule has 1 unspecified atom stereocenters. The Morgan fingerprint density at radius 1 is 0.962 bits per heavy atom. The molecule has 3 aromatic rings. The van der Waals surface area contributed by atoms with E-state index in [-0.39, 0.29) is 11.7 Å². The molecule has 1 aromatic carbocycles. The lowest BCUT2D eigenvalue weighted by Gasteiger charge is -2.32. The Balaban J connectivity index is 1.59. The summed E-state index contributed by atoms with van der Waals surface area (Å²) in [6.45, 7) is 2.76. The molecule has 4 rings (SSSR count). The van der Waals surface area contributed by atoms with Gasteiger partial charge >= 0.3 is 0 Å². The van der Waals surface area contributed by atoms with E-state index in [2.05, 4.69) is 25.9 Å². The lowest BCUT2D eigenvalue weighted by atomic mass is 9.91. The number of aromatic nitrogens is 3. The molecule has 0 radical (unpaired) electrons. The molecule has 1 saturated heterocycles. The van der Waals surface area contributed by atoms with E-state index < -0.39 is 0 Å². The van der Waals surface area contributed by atoms with Crippen LogP contribution < -0.4 is 0 Å². The van der Waals surface area contributed by atoms with E-state index in [0.29, 0.717) is 11.3 Å². The van der Waals surface area contributed by atoms with Gasteiger partial charge in [0.05, 0.1) is 17.1 Å². The smallest absolute Gasteiger partial charge is 0.132 e. The minimum absolute atomic E-state index is 0.246. The van der Waals surface area contributed by atoms with Crippen LogP contribution >= 0.6 is 0 Å². The van der Waals surface area contributed by atoms with Crippen molar-refractivity contribution in [1.29, 1.82) is 0 Å². The first-order valence-electron chi connectivity index (χ1n) is 8.99. The molecular formula is C21H21FN4. The summed E-state index contributed by atoms with van der Waals surface area (Å²) in [4.78, 5) is 15.9. The third kappa shape index (κ3) is 3.63. The van der Waals surface area contributed by atoms with Gasteiger partial charge in [0, 0.05) is 43.2 Å². The molecule has 1 aliphatic rings. The fraction of sp³-hybridized carbons (Fsp3) is 0.286. The van der Waals surface area contributed by atoms with Crippen LogP contribution in [0.15, 0.2) is 61.1 Å². The predicted molar refractivity (Wildman–Crippen MR) is 98.9 cm³/mol. The van der Waals surface area contributed by atoms with Crippen molar-refractivity contribution in [3.63, 3.8) is 0 Å².